The minimum absolute atomic E-state index is 0.188. The van der Waals surface area contributed by atoms with Crippen LogP contribution in [0.4, 0.5) is 5.82 Å². The van der Waals surface area contributed by atoms with Crippen molar-refractivity contribution >= 4 is 11.7 Å². The number of ether oxygens (including phenoxy) is 2. The molecule has 2 aromatic heterocycles. The molecule has 1 saturated heterocycles. The highest BCUT2D eigenvalue weighted by atomic mass is 16.5. The smallest absolute Gasteiger partial charge is 0.251 e. The van der Waals surface area contributed by atoms with E-state index >= 15 is 0 Å². The van der Waals surface area contributed by atoms with Crippen molar-refractivity contribution in [3.05, 3.63) is 47.6 Å². The van der Waals surface area contributed by atoms with Crippen LogP contribution in [-0.2, 0) is 4.74 Å². The Bertz CT molecular complexity index is 1030. The van der Waals surface area contributed by atoms with Gasteiger partial charge in [0.25, 0.3) is 5.91 Å². The van der Waals surface area contributed by atoms with E-state index in [1.165, 1.54) is 0 Å². The van der Waals surface area contributed by atoms with E-state index < -0.39 is 0 Å². The van der Waals surface area contributed by atoms with E-state index in [1.807, 2.05) is 13.0 Å². The predicted molar refractivity (Wildman–Crippen MR) is 112 cm³/mol. The third-order valence-electron chi connectivity index (χ3n) is 4.71. The largest absolute Gasteiger partial charge is 0.476 e. The van der Waals surface area contributed by atoms with Crippen LogP contribution in [0, 0.1) is 13.8 Å². The fraction of sp³-hybridized carbons (Fsp3) is 0.381. The fourth-order valence-electron chi connectivity index (χ4n) is 3.16. The minimum atomic E-state index is -0.188. The van der Waals surface area contributed by atoms with Gasteiger partial charge in [0, 0.05) is 37.2 Å². The molecule has 1 amide bonds. The average Bonchev–Trinajstić information content (AvgIpc) is 3.23. The summed E-state index contributed by atoms with van der Waals surface area (Å²) in [5.74, 6) is 2.75. The van der Waals surface area contributed by atoms with Crippen LogP contribution in [-0.4, -0.2) is 65.5 Å². The molecule has 0 spiro atoms. The second-order valence-electron chi connectivity index (χ2n) is 7.03. The molecule has 0 radical (unpaired) electrons. The Morgan fingerprint density at radius 1 is 1.13 bits per heavy atom. The number of morpholine rings is 1. The number of aryl methyl sites for hydroxylation is 2. The number of carbonyl (C=O) groups is 1. The molecule has 31 heavy (non-hydrogen) atoms. The normalized spacial score (nSPS) is 13.8. The number of hydrogen-bond acceptors (Lipinski definition) is 9. The number of nitrogens with one attached hydrogen (secondary N) is 1. The van der Waals surface area contributed by atoms with Crippen LogP contribution in [0.1, 0.15) is 22.1 Å². The third kappa shape index (κ3) is 5.34. The predicted octanol–water partition coefficient (Wildman–Crippen LogP) is 1.79. The number of aromatic nitrogens is 4. The van der Waals surface area contributed by atoms with E-state index in [4.69, 9.17) is 14.0 Å². The highest BCUT2D eigenvalue weighted by molar-refractivity contribution is 5.94. The Labute approximate surface area is 179 Å². The molecule has 4 rings (SSSR count). The van der Waals surface area contributed by atoms with Crippen molar-refractivity contribution in [2.45, 2.75) is 13.8 Å². The molecule has 10 nitrogen and oxygen atoms in total. The summed E-state index contributed by atoms with van der Waals surface area (Å²) in [7, 11) is 0. The number of nitrogens with zero attached hydrogens (tertiary/aromatic N) is 5. The van der Waals surface area contributed by atoms with Crippen LogP contribution >= 0.6 is 0 Å². The molecular formula is C21H24N6O4. The quantitative estimate of drug-likeness (QED) is 0.567. The van der Waals surface area contributed by atoms with Gasteiger partial charge in [0.1, 0.15) is 18.2 Å². The number of rotatable bonds is 7. The van der Waals surface area contributed by atoms with Gasteiger partial charge in [0.05, 0.1) is 19.8 Å². The zero-order valence-corrected chi connectivity index (χ0v) is 17.5. The number of amides is 1. The lowest BCUT2D eigenvalue weighted by Gasteiger charge is -2.28. The maximum Gasteiger partial charge on any atom is 0.251 e. The van der Waals surface area contributed by atoms with Crippen LogP contribution in [0.2, 0.25) is 0 Å². The molecule has 0 aliphatic carbocycles. The second-order valence-corrected chi connectivity index (χ2v) is 7.03. The third-order valence-corrected chi connectivity index (χ3v) is 4.71. The number of carbonyl (C=O) groups excluding carboxylic acids is 1. The van der Waals surface area contributed by atoms with Crippen LogP contribution in [0.3, 0.4) is 0 Å². The standard InChI is InChI=1S/C21H24N6O4/c1-14-23-18(27-8-11-29-12-9-27)13-19(24-14)30-10-7-22-21(28)17-5-3-16(4-6-17)20-25-15(2)31-26-20/h3-6,13H,7-12H2,1-2H3,(H,22,28). The van der Waals surface area contributed by atoms with Gasteiger partial charge in [-0.15, -0.1) is 0 Å². The Morgan fingerprint density at radius 2 is 1.90 bits per heavy atom. The van der Waals surface area contributed by atoms with Crippen molar-refractivity contribution in [2.75, 3.05) is 44.4 Å². The van der Waals surface area contributed by atoms with Crippen molar-refractivity contribution in [1.82, 2.24) is 25.4 Å². The molecule has 3 heterocycles. The molecule has 1 fully saturated rings. The summed E-state index contributed by atoms with van der Waals surface area (Å²) in [4.78, 5) is 27.5. The van der Waals surface area contributed by atoms with Gasteiger partial charge < -0.3 is 24.2 Å². The van der Waals surface area contributed by atoms with Crippen molar-refractivity contribution in [3.63, 3.8) is 0 Å². The summed E-state index contributed by atoms with van der Waals surface area (Å²) in [5, 5.41) is 6.71. The topological polar surface area (TPSA) is 116 Å². The summed E-state index contributed by atoms with van der Waals surface area (Å²) >= 11 is 0. The van der Waals surface area contributed by atoms with E-state index in [-0.39, 0.29) is 5.91 Å². The maximum atomic E-state index is 12.4. The minimum Gasteiger partial charge on any atom is -0.476 e. The average molecular weight is 424 g/mol. The zero-order valence-electron chi connectivity index (χ0n) is 17.5. The van der Waals surface area contributed by atoms with E-state index in [9.17, 15) is 4.79 Å². The van der Waals surface area contributed by atoms with Crippen LogP contribution in [0.15, 0.2) is 34.9 Å². The molecule has 1 aromatic carbocycles. The second kappa shape index (κ2) is 9.52. The molecule has 0 bridgehead atoms. The van der Waals surface area contributed by atoms with Gasteiger partial charge in [-0.2, -0.15) is 9.97 Å². The molecule has 0 unspecified atom stereocenters. The number of benzene rings is 1. The molecule has 1 aliphatic heterocycles. The first-order valence-corrected chi connectivity index (χ1v) is 10.1. The molecule has 1 N–H and O–H groups in total. The van der Waals surface area contributed by atoms with Crippen molar-refractivity contribution in [3.8, 4) is 17.3 Å². The SMILES string of the molecule is Cc1nc(OCCNC(=O)c2ccc(-c3noc(C)n3)cc2)cc(N2CCOCC2)n1. The Kier molecular flexibility index (Phi) is 6.37. The van der Waals surface area contributed by atoms with Gasteiger partial charge in [-0.25, -0.2) is 4.98 Å². The Morgan fingerprint density at radius 3 is 2.61 bits per heavy atom. The van der Waals surface area contributed by atoms with Gasteiger partial charge in [-0.1, -0.05) is 17.3 Å². The van der Waals surface area contributed by atoms with Gasteiger partial charge in [0.2, 0.25) is 17.6 Å². The van der Waals surface area contributed by atoms with Crippen LogP contribution in [0.25, 0.3) is 11.4 Å². The summed E-state index contributed by atoms with van der Waals surface area (Å²) in [6.07, 6.45) is 0. The van der Waals surface area contributed by atoms with Crippen molar-refractivity contribution in [1.29, 1.82) is 0 Å². The fourth-order valence-corrected chi connectivity index (χ4v) is 3.16. The van der Waals surface area contributed by atoms with Crippen molar-refractivity contribution in [2.24, 2.45) is 0 Å². The van der Waals surface area contributed by atoms with E-state index in [1.54, 1.807) is 31.2 Å². The summed E-state index contributed by atoms with van der Waals surface area (Å²) in [6.45, 7) is 7.15. The van der Waals surface area contributed by atoms with Crippen LogP contribution < -0.4 is 15.0 Å². The lowest BCUT2D eigenvalue weighted by atomic mass is 10.1. The van der Waals surface area contributed by atoms with Crippen molar-refractivity contribution < 1.29 is 18.8 Å². The lowest BCUT2D eigenvalue weighted by molar-refractivity contribution is 0.0946. The van der Waals surface area contributed by atoms with Gasteiger partial charge in [-0.3, -0.25) is 4.79 Å². The van der Waals surface area contributed by atoms with E-state index in [0.29, 0.717) is 55.3 Å². The van der Waals surface area contributed by atoms with E-state index in [2.05, 4.69) is 30.3 Å². The summed E-state index contributed by atoms with van der Waals surface area (Å²) < 4.78 is 16.1. The molecule has 10 heteroatoms. The van der Waals surface area contributed by atoms with Gasteiger partial charge in [0.15, 0.2) is 0 Å². The number of hydrogen-bond donors (Lipinski definition) is 1. The van der Waals surface area contributed by atoms with Gasteiger partial charge in [-0.05, 0) is 19.1 Å². The Balaban J connectivity index is 1.27. The van der Waals surface area contributed by atoms with Gasteiger partial charge >= 0.3 is 0 Å². The zero-order chi connectivity index (χ0) is 21.6. The maximum absolute atomic E-state index is 12.4. The molecule has 0 atom stereocenters. The summed E-state index contributed by atoms with van der Waals surface area (Å²) in [6, 6.07) is 8.83. The summed E-state index contributed by atoms with van der Waals surface area (Å²) in [5.41, 5.74) is 1.32. The number of anilines is 1. The monoisotopic (exact) mass is 424 g/mol. The Hall–Kier alpha value is -3.53. The molecule has 3 aromatic rings. The first kappa shape index (κ1) is 20.7. The molecule has 162 valence electrons. The first-order valence-electron chi connectivity index (χ1n) is 10.1. The molecule has 0 saturated carbocycles. The first-order chi connectivity index (χ1) is 15.1. The van der Waals surface area contributed by atoms with E-state index in [0.717, 1.165) is 24.5 Å². The molecular weight excluding hydrogens is 400 g/mol. The van der Waals surface area contributed by atoms with Crippen LogP contribution in [0.5, 0.6) is 5.88 Å². The lowest BCUT2D eigenvalue weighted by Crippen LogP contribution is -2.37. The highest BCUT2D eigenvalue weighted by Crippen LogP contribution is 2.19. The highest BCUT2D eigenvalue weighted by Gasteiger charge is 2.15. The molecule has 1 aliphatic rings.